The quantitative estimate of drug-likeness (QED) is 0.110. The molecule has 0 rings (SSSR count). The Morgan fingerprint density at radius 1 is 0.558 bits per heavy atom. The van der Waals surface area contributed by atoms with Crippen molar-refractivity contribution in [2.24, 2.45) is 0 Å². The average molecular weight is 728 g/mol. The Labute approximate surface area is 276 Å². The minimum atomic E-state index is -3.56. The molecule has 0 radical (unpaired) electrons. The minimum Gasteiger partial charge on any atom is -0.415 e. The lowest BCUT2D eigenvalue weighted by Crippen LogP contribution is -2.68. The number of rotatable bonds is 21. The molecule has 13 heteroatoms. The molecule has 4 atom stereocenters. The molecule has 0 saturated carbocycles. The predicted octanol–water partition coefficient (Wildman–Crippen LogP) is 10.0. The van der Waals surface area contributed by atoms with Gasteiger partial charge in [0.2, 0.25) is 8.32 Å². The molecule has 0 spiro atoms. The van der Waals surface area contributed by atoms with Crippen molar-refractivity contribution in [3.63, 3.8) is 0 Å². The molecule has 0 bridgehead atoms. The highest BCUT2D eigenvalue weighted by Crippen LogP contribution is 2.38. The second-order valence-electron chi connectivity index (χ2n) is 17.2. The van der Waals surface area contributed by atoms with Crippen molar-refractivity contribution >= 4 is 58.5 Å². The van der Waals surface area contributed by atoms with E-state index < -0.39 is 63.7 Å². The first-order valence-electron chi connectivity index (χ1n) is 16.8. The summed E-state index contributed by atoms with van der Waals surface area (Å²) in [6.07, 6.45) is 3.73. The molecular formula is C30H74O6Si7. The summed E-state index contributed by atoms with van der Waals surface area (Å²) in [5.74, 6) is 0. The second-order valence-corrected chi connectivity index (χ2v) is 47.1. The van der Waals surface area contributed by atoms with E-state index in [1.165, 1.54) is 0 Å². The van der Waals surface area contributed by atoms with Gasteiger partial charge >= 0.3 is 25.9 Å². The third kappa shape index (κ3) is 13.6. The van der Waals surface area contributed by atoms with Gasteiger partial charge in [0.05, 0.1) is 29.4 Å². The first kappa shape index (κ1) is 44.0. The SMILES string of the molecule is C=C[Si](O[C@@](C)(CC)[Si](C)(C)OC(CC)[Si](C)(C)C)(O[Si](C)(C)OC(CC)[Si](C)(C)C)O[Si](C)(C)OC(CC)[Si](C)(C)C. The van der Waals surface area contributed by atoms with Crippen molar-refractivity contribution in [1.82, 2.24) is 0 Å². The normalized spacial score (nSPS) is 19.3. The van der Waals surface area contributed by atoms with Crippen LogP contribution in [-0.4, -0.2) is 80.9 Å². The van der Waals surface area contributed by atoms with E-state index in [0.717, 1.165) is 25.7 Å². The summed E-state index contributed by atoms with van der Waals surface area (Å²) in [5, 5.41) is -0.568. The molecule has 0 aliphatic heterocycles. The van der Waals surface area contributed by atoms with E-state index in [1.54, 1.807) is 0 Å². The zero-order valence-electron chi connectivity index (χ0n) is 32.3. The molecule has 0 amide bonds. The van der Waals surface area contributed by atoms with Gasteiger partial charge in [-0.2, -0.15) is 0 Å². The fraction of sp³-hybridized carbons (Fsp3) is 0.933. The standard InChI is InChI=1S/C30H74O6Si7/c1-22-27(37(7,8)9)31-40(16,17)30(6,25-4)34-43(26-5,35-41(18,19)32-28(23-2)38(10,11)12)36-42(20,21)33-29(24-3)39(13,14)15/h26-29H,5,22-25H2,1-4,6-21H3/t27?,28?,29?,30-,43?/m1/s1. The summed E-state index contributed by atoms with van der Waals surface area (Å²) in [6.45, 7) is 50.0. The van der Waals surface area contributed by atoms with Gasteiger partial charge in [-0.3, -0.25) is 0 Å². The van der Waals surface area contributed by atoms with Crippen LogP contribution in [0.3, 0.4) is 0 Å². The van der Waals surface area contributed by atoms with Gasteiger partial charge in [-0.15, -0.1) is 0 Å². The summed E-state index contributed by atoms with van der Waals surface area (Å²) < 4.78 is 42.7. The van der Waals surface area contributed by atoms with Crippen LogP contribution in [0.4, 0.5) is 0 Å². The van der Waals surface area contributed by atoms with Crippen molar-refractivity contribution in [1.29, 1.82) is 0 Å². The summed E-state index contributed by atoms with van der Waals surface area (Å²) in [5.41, 5.74) is 2.50. The molecule has 6 nitrogen and oxygen atoms in total. The molecule has 3 unspecified atom stereocenters. The minimum absolute atomic E-state index is 0.192. The van der Waals surface area contributed by atoms with Crippen LogP contribution >= 0.6 is 0 Å². The van der Waals surface area contributed by atoms with Crippen LogP contribution in [0.2, 0.25) is 98.2 Å². The highest BCUT2D eigenvalue weighted by molar-refractivity contribution is 6.87. The summed E-state index contributed by atoms with van der Waals surface area (Å²) in [7, 11) is -16.2. The van der Waals surface area contributed by atoms with E-state index in [9.17, 15) is 0 Å². The molecule has 0 fully saturated rings. The smallest absolute Gasteiger partial charge is 0.415 e. The van der Waals surface area contributed by atoms with Crippen molar-refractivity contribution in [3.05, 3.63) is 12.3 Å². The molecule has 258 valence electrons. The summed E-state index contributed by atoms with van der Waals surface area (Å²) in [6, 6.07) is 0. The lowest BCUT2D eigenvalue weighted by molar-refractivity contribution is 0.0387. The van der Waals surface area contributed by atoms with Crippen molar-refractivity contribution in [3.8, 4) is 0 Å². The zero-order chi connectivity index (χ0) is 34.5. The van der Waals surface area contributed by atoms with Gasteiger partial charge in [-0.1, -0.05) is 93.2 Å². The van der Waals surface area contributed by atoms with Crippen LogP contribution in [0, 0.1) is 0 Å². The Hall–Kier alpha value is 1.02. The Morgan fingerprint density at radius 2 is 0.860 bits per heavy atom. The Morgan fingerprint density at radius 3 is 1.09 bits per heavy atom. The molecule has 0 heterocycles. The first-order valence-corrected chi connectivity index (χ1v) is 37.8. The molecule has 0 aliphatic rings. The van der Waals surface area contributed by atoms with E-state index in [0.29, 0.717) is 0 Å². The maximum Gasteiger partial charge on any atom is 0.511 e. The molecular weight excluding hydrogens is 653 g/mol. The summed E-state index contributed by atoms with van der Waals surface area (Å²) in [4.78, 5) is 0. The van der Waals surface area contributed by atoms with Crippen molar-refractivity contribution in [2.45, 2.75) is 181 Å². The molecule has 0 aromatic heterocycles. The monoisotopic (exact) mass is 726 g/mol. The van der Waals surface area contributed by atoms with Gasteiger partial charge in [0.1, 0.15) is 0 Å². The molecule has 0 N–H and O–H groups in total. The van der Waals surface area contributed by atoms with E-state index in [2.05, 4.69) is 139 Å². The van der Waals surface area contributed by atoms with Gasteiger partial charge in [0.25, 0.3) is 0 Å². The number of hydrogen-bond donors (Lipinski definition) is 0. The third-order valence-electron chi connectivity index (χ3n) is 8.64. The van der Waals surface area contributed by atoms with Gasteiger partial charge in [0.15, 0.2) is 0 Å². The largest absolute Gasteiger partial charge is 0.511 e. The van der Waals surface area contributed by atoms with Crippen LogP contribution < -0.4 is 0 Å². The highest BCUT2D eigenvalue weighted by atomic mass is 28.5. The Balaban J connectivity index is 6.96. The molecule has 43 heavy (non-hydrogen) atoms. The van der Waals surface area contributed by atoms with E-state index in [4.69, 9.17) is 25.9 Å². The Kier molecular flexibility index (Phi) is 16.3. The lowest BCUT2D eigenvalue weighted by atomic mass is 10.3. The lowest BCUT2D eigenvalue weighted by Gasteiger charge is -2.50. The van der Waals surface area contributed by atoms with Crippen LogP contribution in [0.15, 0.2) is 12.3 Å². The molecule has 0 saturated heterocycles. The molecule has 0 aromatic rings. The maximum absolute atomic E-state index is 7.38. The highest BCUT2D eigenvalue weighted by Gasteiger charge is 2.58. The second kappa shape index (κ2) is 15.9. The maximum atomic E-state index is 7.38. The van der Waals surface area contributed by atoms with Crippen LogP contribution in [0.5, 0.6) is 0 Å². The zero-order valence-corrected chi connectivity index (χ0v) is 39.3. The fourth-order valence-corrected chi connectivity index (χ4v) is 29.5. The van der Waals surface area contributed by atoms with Crippen molar-refractivity contribution < 1.29 is 25.9 Å². The van der Waals surface area contributed by atoms with Gasteiger partial charge in [-0.25, -0.2) is 0 Å². The van der Waals surface area contributed by atoms with E-state index in [-0.39, 0.29) is 17.2 Å². The predicted molar refractivity (Wildman–Crippen MR) is 206 cm³/mol. The van der Waals surface area contributed by atoms with Crippen LogP contribution in [0.25, 0.3) is 0 Å². The molecule has 0 aromatic carbocycles. The first-order chi connectivity index (χ1) is 19.0. The fourth-order valence-electron chi connectivity index (χ4n) is 5.64. The van der Waals surface area contributed by atoms with Crippen LogP contribution in [0.1, 0.15) is 60.3 Å². The van der Waals surface area contributed by atoms with Crippen LogP contribution in [-0.2, 0) is 25.9 Å². The van der Waals surface area contributed by atoms with Gasteiger partial charge in [-0.05, 0) is 77.6 Å². The summed E-state index contributed by atoms with van der Waals surface area (Å²) >= 11 is 0. The average Bonchev–Trinajstić information content (AvgIpc) is 2.81. The third-order valence-corrected chi connectivity index (χ3v) is 30.0. The van der Waals surface area contributed by atoms with E-state index >= 15 is 0 Å². The van der Waals surface area contributed by atoms with Gasteiger partial charge in [0, 0.05) is 17.2 Å². The molecule has 0 aliphatic carbocycles. The topological polar surface area (TPSA) is 55.4 Å². The van der Waals surface area contributed by atoms with Gasteiger partial charge < -0.3 is 25.9 Å². The van der Waals surface area contributed by atoms with Crippen molar-refractivity contribution in [2.75, 3.05) is 0 Å². The van der Waals surface area contributed by atoms with E-state index in [1.807, 2.05) is 5.70 Å². The number of hydrogen-bond acceptors (Lipinski definition) is 6. The Bertz CT molecular complexity index is 827.